The van der Waals surface area contributed by atoms with Gasteiger partial charge in [-0.3, -0.25) is 0 Å². The third-order valence-electron chi connectivity index (χ3n) is 2.20. The van der Waals surface area contributed by atoms with Crippen LogP contribution in [0.3, 0.4) is 0 Å². The zero-order valence-corrected chi connectivity index (χ0v) is 10.1. The third kappa shape index (κ3) is 5.37. The highest BCUT2D eigenvalue weighted by Crippen LogP contribution is 2.16. The van der Waals surface area contributed by atoms with Crippen LogP contribution in [0.15, 0.2) is 18.2 Å². The minimum absolute atomic E-state index is 0.281. The maximum Gasteiger partial charge on any atom is 0.127 e. The van der Waals surface area contributed by atoms with Gasteiger partial charge >= 0.3 is 0 Å². The zero-order chi connectivity index (χ0) is 12.5. The van der Waals surface area contributed by atoms with E-state index < -0.39 is 0 Å². The molecule has 1 aromatic carbocycles. The molecule has 0 aliphatic rings. The average Bonchev–Trinajstić information content (AvgIpc) is 2.29. The van der Waals surface area contributed by atoms with Crippen molar-refractivity contribution in [2.24, 2.45) is 0 Å². The van der Waals surface area contributed by atoms with E-state index in [1.54, 1.807) is 0 Å². The number of rotatable bonds is 7. The van der Waals surface area contributed by atoms with Gasteiger partial charge in [0.15, 0.2) is 0 Å². The molecule has 0 atom stereocenters. The van der Waals surface area contributed by atoms with Crippen LogP contribution in [0.5, 0.6) is 5.75 Å². The van der Waals surface area contributed by atoms with Crippen LogP contribution in [-0.4, -0.2) is 13.2 Å². The maximum atomic E-state index is 13.3. The molecule has 92 valence electrons. The Morgan fingerprint density at radius 1 is 1.41 bits per heavy atom. The number of halogens is 1. The molecule has 1 aromatic rings. The van der Waals surface area contributed by atoms with Crippen LogP contribution in [0.2, 0.25) is 0 Å². The minimum atomic E-state index is -0.281. The second-order valence-electron chi connectivity index (χ2n) is 3.77. The largest absolute Gasteiger partial charge is 0.492 e. The molecular weight excluding hydrogens is 217 g/mol. The fourth-order valence-electron chi connectivity index (χ4n) is 1.44. The summed E-state index contributed by atoms with van der Waals surface area (Å²) < 4.78 is 18.7. The van der Waals surface area contributed by atoms with Crippen LogP contribution in [0.1, 0.15) is 25.3 Å². The Morgan fingerprint density at radius 3 is 2.94 bits per heavy atom. The molecular formula is C14H18FNO. The fraction of sp³-hybridized carbons (Fsp3) is 0.429. The van der Waals surface area contributed by atoms with Gasteiger partial charge in [0.2, 0.25) is 0 Å². The molecule has 0 aliphatic carbocycles. The minimum Gasteiger partial charge on any atom is -0.492 e. The number of terminal acetylenes is 1. The van der Waals surface area contributed by atoms with Gasteiger partial charge in [0.05, 0.1) is 6.61 Å². The number of nitrogens with one attached hydrogen (secondary N) is 1. The van der Waals surface area contributed by atoms with E-state index in [1.165, 1.54) is 12.1 Å². The summed E-state index contributed by atoms with van der Waals surface area (Å²) >= 11 is 0. The molecule has 0 heterocycles. The molecule has 0 fully saturated rings. The maximum absolute atomic E-state index is 13.3. The van der Waals surface area contributed by atoms with Crippen LogP contribution in [0.25, 0.3) is 0 Å². The van der Waals surface area contributed by atoms with Crippen LogP contribution in [0, 0.1) is 18.2 Å². The summed E-state index contributed by atoms with van der Waals surface area (Å²) in [5.74, 6) is 2.73. The SMILES string of the molecule is C#CCCOc1cc(F)cc(CNCCC)c1. The molecule has 1 N–H and O–H groups in total. The summed E-state index contributed by atoms with van der Waals surface area (Å²) in [5.41, 5.74) is 0.883. The quantitative estimate of drug-likeness (QED) is 0.579. The van der Waals surface area contributed by atoms with E-state index in [4.69, 9.17) is 11.2 Å². The first-order valence-electron chi connectivity index (χ1n) is 5.82. The fourth-order valence-corrected chi connectivity index (χ4v) is 1.44. The first kappa shape index (κ1) is 13.5. The molecule has 0 aliphatic heterocycles. The predicted molar refractivity (Wildman–Crippen MR) is 67.3 cm³/mol. The first-order valence-corrected chi connectivity index (χ1v) is 5.82. The standard InChI is InChI=1S/C14H18FNO/c1-3-5-7-17-14-9-12(8-13(15)10-14)11-16-6-4-2/h1,8-10,16H,4-7,11H2,2H3. The van der Waals surface area contributed by atoms with Crippen molar-refractivity contribution in [3.8, 4) is 18.1 Å². The summed E-state index contributed by atoms with van der Waals surface area (Å²) in [4.78, 5) is 0. The first-order chi connectivity index (χ1) is 8.26. The number of hydrogen-bond donors (Lipinski definition) is 1. The van der Waals surface area contributed by atoms with Crippen molar-refractivity contribution >= 4 is 0 Å². The van der Waals surface area contributed by atoms with E-state index in [2.05, 4.69) is 18.2 Å². The van der Waals surface area contributed by atoms with Gasteiger partial charge < -0.3 is 10.1 Å². The normalized spacial score (nSPS) is 9.94. The van der Waals surface area contributed by atoms with Crippen LogP contribution < -0.4 is 10.1 Å². The Hall–Kier alpha value is -1.53. The lowest BCUT2D eigenvalue weighted by Gasteiger charge is -2.08. The van der Waals surface area contributed by atoms with Crippen molar-refractivity contribution in [2.75, 3.05) is 13.2 Å². The highest BCUT2D eigenvalue weighted by molar-refractivity contribution is 5.29. The Labute approximate surface area is 102 Å². The van der Waals surface area contributed by atoms with Gasteiger partial charge in [-0.2, -0.15) is 0 Å². The van der Waals surface area contributed by atoms with E-state index in [-0.39, 0.29) is 5.82 Å². The summed E-state index contributed by atoms with van der Waals surface area (Å²) in [6.45, 7) is 4.08. The van der Waals surface area contributed by atoms with E-state index in [0.717, 1.165) is 18.5 Å². The van der Waals surface area contributed by atoms with Crippen LogP contribution in [0.4, 0.5) is 4.39 Å². The van der Waals surface area contributed by atoms with E-state index in [9.17, 15) is 4.39 Å². The number of hydrogen-bond acceptors (Lipinski definition) is 2. The molecule has 0 saturated carbocycles. The van der Waals surface area contributed by atoms with Gasteiger partial charge in [-0.25, -0.2) is 4.39 Å². The molecule has 0 radical (unpaired) electrons. The molecule has 0 amide bonds. The van der Waals surface area contributed by atoms with E-state index in [0.29, 0.717) is 25.3 Å². The highest BCUT2D eigenvalue weighted by Gasteiger charge is 2.01. The Bertz CT molecular complexity index is 384. The van der Waals surface area contributed by atoms with Crippen molar-refractivity contribution in [1.82, 2.24) is 5.32 Å². The number of benzene rings is 1. The van der Waals surface area contributed by atoms with Crippen molar-refractivity contribution in [1.29, 1.82) is 0 Å². The van der Waals surface area contributed by atoms with Crippen molar-refractivity contribution in [2.45, 2.75) is 26.3 Å². The van der Waals surface area contributed by atoms with Crippen molar-refractivity contribution in [3.05, 3.63) is 29.6 Å². The molecule has 0 aromatic heterocycles. The molecule has 2 nitrogen and oxygen atoms in total. The summed E-state index contributed by atoms with van der Waals surface area (Å²) in [6, 6.07) is 4.72. The molecule has 0 unspecified atom stereocenters. The van der Waals surface area contributed by atoms with Gasteiger partial charge in [-0.1, -0.05) is 6.92 Å². The summed E-state index contributed by atoms with van der Waals surface area (Å²) in [7, 11) is 0. The Kier molecular flexibility index (Phi) is 6.13. The van der Waals surface area contributed by atoms with Gasteiger partial charge in [-0.05, 0) is 30.7 Å². The second kappa shape index (κ2) is 7.70. The Balaban J connectivity index is 2.56. The number of ether oxygens (including phenoxy) is 1. The van der Waals surface area contributed by atoms with Crippen molar-refractivity contribution in [3.63, 3.8) is 0 Å². The lowest BCUT2D eigenvalue weighted by molar-refractivity contribution is 0.325. The molecule has 0 bridgehead atoms. The lowest BCUT2D eigenvalue weighted by Crippen LogP contribution is -2.14. The topological polar surface area (TPSA) is 21.3 Å². The molecule has 0 spiro atoms. The predicted octanol–water partition coefficient (Wildman–Crippen LogP) is 2.73. The summed E-state index contributed by atoms with van der Waals surface area (Å²) in [6.07, 6.45) is 6.70. The average molecular weight is 235 g/mol. The van der Waals surface area contributed by atoms with Gasteiger partial charge in [0, 0.05) is 19.0 Å². The smallest absolute Gasteiger partial charge is 0.127 e. The highest BCUT2D eigenvalue weighted by atomic mass is 19.1. The molecule has 1 rings (SSSR count). The zero-order valence-electron chi connectivity index (χ0n) is 10.1. The van der Waals surface area contributed by atoms with Gasteiger partial charge in [0.25, 0.3) is 0 Å². The van der Waals surface area contributed by atoms with Crippen molar-refractivity contribution < 1.29 is 9.13 Å². The molecule has 3 heteroatoms. The van der Waals surface area contributed by atoms with Gasteiger partial charge in [-0.15, -0.1) is 12.3 Å². The third-order valence-corrected chi connectivity index (χ3v) is 2.20. The van der Waals surface area contributed by atoms with E-state index in [1.807, 2.05) is 6.07 Å². The summed E-state index contributed by atoms with van der Waals surface area (Å²) in [5, 5.41) is 3.22. The van der Waals surface area contributed by atoms with E-state index >= 15 is 0 Å². The monoisotopic (exact) mass is 235 g/mol. The van der Waals surface area contributed by atoms with Crippen LogP contribution >= 0.6 is 0 Å². The second-order valence-corrected chi connectivity index (χ2v) is 3.77. The van der Waals surface area contributed by atoms with Gasteiger partial charge in [0.1, 0.15) is 11.6 Å². The lowest BCUT2D eigenvalue weighted by atomic mass is 10.2. The Morgan fingerprint density at radius 2 is 2.24 bits per heavy atom. The molecule has 17 heavy (non-hydrogen) atoms. The molecule has 0 saturated heterocycles. The van der Waals surface area contributed by atoms with Crippen LogP contribution in [-0.2, 0) is 6.54 Å².